The van der Waals surface area contributed by atoms with Crippen LogP contribution in [0.3, 0.4) is 0 Å². The van der Waals surface area contributed by atoms with E-state index in [4.69, 9.17) is 16.3 Å². The van der Waals surface area contributed by atoms with Crippen LogP contribution in [0.15, 0.2) is 42.5 Å². The molecule has 2 aromatic rings. The minimum absolute atomic E-state index is 0.00478. The summed E-state index contributed by atoms with van der Waals surface area (Å²) < 4.78 is 5.56. The van der Waals surface area contributed by atoms with Crippen LogP contribution in [-0.2, 0) is 9.53 Å². The lowest BCUT2D eigenvalue weighted by Gasteiger charge is -2.33. The summed E-state index contributed by atoms with van der Waals surface area (Å²) >= 11 is 5.91. The van der Waals surface area contributed by atoms with Crippen molar-refractivity contribution in [2.75, 3.05) is 29.9 Å². The van der Waals surface area contributed by atoms with E-state index in [2.05, 4.69) is 10.6 Å². The van der Waals surface area contributed by atoms with Gasteiger partial charge in [0.1, 0.15) is 6.61 Å². The molecule has 7 heteroatoms. The molecule has 27 heavy (non-hydrogen) atoms. The molecule has 142 valence electrons. The Labute approximate surface area is 163 Å². The molecule has 0 bridgehead atoms. The number of urea groups is 1. The summed E-state index contributed by atoms with van der Waals surface area (Å²) in [5.41, 5.74) is 3.76. The number of anilines is 2. The summed E-state index contributed by atoms with van der Waals surface area (Å²) in [6.45, 7) is 4.73. The molecule has 1 aliphatic rings. The maximum absolute atomic E-state index is 12.2. The fourth-order valence-corrected chi connectivity index (χ4v) is 3.03. The highest BCUT2D eigenvalue weighted by Crippen LogP contribution is 2.22. The van der Waals surface area contributed by atoms with E-state index in [9.17, 15) is 9.59 Å². The molecule has 0 spiro atoms. The minimum Gasteiger partial charge on any atom is -0.365 e. The average Bonchev–Trinajstić information content (AvgIpc) is 2.63. The Hall–Kier alpha value is -2.57. The van der Waals surface area contributed by atoms with Crippen molar-refractivity contribution < 1.29 is 14.3 Å². The van der Waals surface area contributed by atoms with Gasteiger partial charge in [-0.2, -0.15) is 0 Å². The van der Waals surface area contributed by atoms with Gasteiger partial charge in [0.15, 0.2) is 0 Å². The first kappa shape index (κ1) is 19.2. The fraction of sp³-hybridized carbons (Fsp3) is 0.300. The lowest BCUT2D eigenvalue weighted by atomic mass is 10.1. The number of halogens is 1. The zero-order valence-electron chi connectivity index (χ0n) is 15.3. The topological polar surface area (TPSA) is 70.7 Å². The Morgan fingerprint density at radius 3 is 2.78 bits per heavy atom. The Balaban J connectivity index is 1.57. The second kappa shape index (κ2) is 8.41. The summed E-state index contributed by atoms with van der Waals surface area (Å²) in [5, 5.41) is 6.04. The number of hydrogen-bond acceptors (Lipinski definition) is 3. The fourth-order valence-electron chi connectivity index (χ4n) is 2.84. The molecule has 3 rings (SSSR count). The van der Waals surface area contributed by atoms with Crippen LogP contribution in [0, 0.1) is 13.8 Å². The van der Waals surface area contributed by atoms with Gasteiger partial charge in [0.05, 0.1) is 12.6 Å². The van der Waals surface area contributed by atoms with Crippen LogP contribution in [0.4, 0.5) is 16.2 Å². The highest BCUT2D eigenvalue weighted by Gasteiger charge is 2.27. The Morgan fingerprint density at radius 1 is 1.22 bits per heavy atom. The van der Waals surface area contributed by atoms with Gasteiger partial charge in [-0.1, -0.05) is 23.7 Å². The monoisotopic (exact) mass is 387 g/mol. The van der Waals surface area contributed by atoms with E-state index in [1.165, 1.54) is 5.56 Å². The maximum atomic E-state index is 12.2. The van der Waals surface area contributed by atoms with Crippen LogP contribution in [0.5, 0.6) is 0 Å². The van der Waals surface area contributed by atoms with E-state index in [0.717, 1.165) is 11.3 Å². The summed E-state index contributed by atoms with van der Waals surface area (Å²) in [6, 6.07) is 12.5. The molecule has 1 saturated heterocycles. The molecule has 0 radical (unpaired) electrons. The second-order valence-corrected chi connectivity index (χ2v) is 6.99. The van der Waals surface area contributed by atoms with Gasteiger partial charge in [-0.3, -0.25) is 4.79 Å². The first-order valence-corrected chi connectivity index (χ1v) is 9.10. The summed E-state index contributed by atoms with van der Waals surface area (Å²) in [4.78, 5) is 26.0. The smallest absolute Gasteiger partial charge is 0.319 e. The van der Waals surface area contributed by atoms with Crippen LogP contribution in [0.25, 0.3) is 0 Å². The van der Waals surface area contributed by atoms with Crippen molar-refractivity contribution in [3.05, 3.63) is 58.6 Å². The molecule has 2 aromatic carbocycles. The standard InChI is InChI=1S/C20H22ClN3O3/c1-13-6-7-17(8-14(13)2)24-11-18(27-12-19(24)25)10-22-20(26)23-16-5-3-4-15(21)9-16/h3-9,18H,10-12H2,1-2H3,(H2,22,23,26). The van der Waals surface area contributed by atoms with Crippen molar-refractivity contribution >= 4 is 34.9 Å². The van der Waals surface area contributed by atoms with Crippen molar-refractivity contribution in [2.24, 2.45) is 0 Å². The summed E-state index contributed by atoms with van der Waals surface area (Å²) in [6.07, 6.45) is -0.283. The highest BCUT2D eigenvalue weighted by atomic mass is 35.5. The van der Waals surface area contributed by atoms with Gasteiger partial charge in [0.2, 0.25) is 0 Å². The Morgan fingerprint density at radius 2 is 2.04 bits per heavy atom. The zero-order valence-corrected chi connectivity index (χ0v) is 16.0. The van der Waals surface area contributed by atoms with E-state index in [1.807, 2.05) is 32.0 Å². The van der Waals surface area contributed by atoms with Crippen LogP contribution >= 0.6 is 11.6 Å². The van der Waals surface area contributed by atoms with Gasteiger partial charge in [-0.05, 0) is 55.3 Å². The molecule has 1 unspecified atom stereocenters. The van der Waals surface area contributed by atoms with Crippen LogP contribution in [0.2, 0.25) is 5.02 Å². The van der Waals surface area contributed by atoms with Crippen molar-refractivity contribution in [1.82, 2.24) is 5.32 Å². The highest BCUT2D eigenvalue weighted by molar-refractivity contribution is 6.30. The number of rotatable bonds is 4. The predicted octanol–water partition coefficient (Wildman–Crippen LogP) is 3.51. The van der Waals surface area contributed by atoms with E-state index in [-0.39, 0.29) is 24.6 Å². The number of morpholine rings is 1. The lowest BCUT2D eigenvalue weighted by Crippen LogP contribution is -2.51. The van der Waals surface area contributed by atoms with Gasteiger partial charge in [-0.25, -0.2) is 4.79 Å². The molecular formula is C20H22ClN3O3. The van der Waals surface area contributed by atoms with Gasteiger partial charge in [0, 0.05) is 22.9 Å². The molecule has 6 nitrogen and oxygen atoms in total. The second-order valence-electron chi connectivity index (χ2n) is 6.55. The third-order valence-electron chi connectivity index (χ3n) is 4.50. The Kier molecular flexibility index (Phi) is 5.98. The van der Waals surface area contributed by atoms with Crippen molar-refractivity contribution in [3.8, 4) is 0 Å². The van der Waals surface area contributed by atoms with Crippen molar-refractivity contribution in [1.29, 1.82) is 0 Å². The largest absolute Gasteiger partial charge is 0.365 e. The average molecular weight is 388 g/mol. The normalized spacial score (nSPS) is 16.9. The van der Waals surface area contributed by atoms with Crippen LogP contribution in [0.1, 0.15) is 11.1 Å². The van der Waals surface area contributed by atoms with Gasteiger partial charge in [-0.15, -0.1) is 0 Å². The number of ether oxygens (including phenoxy) is 1. The molecular weight excluding hydrogens is 366 g/mol. The van der Waals surface area contributed by atoms with E-state index in [0.29, 0.717) is 23.8 Å². The van der Waals surface area contributed by atoms with Crippen LogP contribution < -0.4 is 15.5 Å². The number of carbonyl (C=O) groups is 2. The van der Waals surface area contributed by atoms with Crippen molar-refractivity contribution in [2.45, 2.75) is 20.0 Å². The molecule has 0 aliphatic carbocycles. The number of amides is 3. The summed E-state index contributed by atoms with van der Waals surface area (Å²) in [7, 11) is 0. The first-order valence-electron chi connectivity index (χ1n) is 8.72. The van der Waals surface area contributed by atoms with E-state index < -0.39 is 0 Å². The van der Waals surface area contributed by atoms with Gasteiger partial charge < -0.3 is 20.3 Å². The predicted molar refractivity (Wildman–Crippen MR) is 106 cm³/mol. The number of benzene rings is 2. The third-order valence-corrected chi connectivity index (χ3v) is 4.74. The third kappa shape index (κ3) is 4.99. The zero-order chi connectivity index (χ0) is 19.4. The van der Waals surface area contributed by atoms with Crippen LogP contribution in [-0.4, -0.2) is 37.7 Å². The SMILES string of the molecule is Cc1ccc(N2CC(CNC(=O)Nc3cccc(Cl)c3)OCC2=O)cc1C. The Bertz CT molecular complexity index is 856. The van der Waals surface area contributed by atoms with Crippen molar-refractivity contribution in [3.63, 3.8) is 0 Å². The number of hydrogen-bond donors (Lipinski definition) is 2. The number of nitrogens with one attached hydrogen (secondary N) is 2. The van der Waals surface area contributed by atoms with Gasteiger partial charge in [0.25, 0.3) is 5.91 Å². The quantitative estimate of drug-likeness (QED) is 0.843. The molecule has 1 fully saturated rings. The van der Waals surface area contributed by atoms with E-state index >= 15 is 0 Å². The lowest BCUT2D eigenvalue weighted by molar-refractivity contribution is -0.129. The van der Waals surface area contributed by atoms with Gasteiger partial charge >= 0.3 is 6.03 Å². The molecule has 2 N–H and O–H groups in total. The maximum Gasteiger partial charge on any atom is 0.319 e. The molecule has 0 aromatic heterocycles. The first-order chi connectivity index (χ1) is 12.9. The number of nitrogens with zero attached hydrogens (tertiary/aromatic N) is 1. The molecule has 3 amide bonds. The molecule has 1 atom stereocenters. The van der Waals surface area contributed by atoms with E-state index in [1.54, 1.807) is 29.2 Å². The number of carbonyl (C=O) groups excluding carboxylic acids is 2. The molecule has 1 aliphatic heterocycles. The minimum atomic E-state index is -0.351. The number of aryl methyl sites for hydroxylation is 2. The molecule has 1 heterocycles. The summed E-state index contributed by atoms with van der Waals surface area (Å²) in [5.74, 6) is -0.0853. The molecule has 0 saturated carbocycles.